The molecule has 0 aliphatic carbocycles. The predicted octanol–water partition coefficient (Wildman–Crippen LogP) is 4.11. The normalized spacial score (nSPS) is 10.6. The third-order valence-electron chi connectivity index (χ3n) is 2.31. The van der Waals surface area contributed by atoms with Crippen LogP contribution in [0.1, 0.15) is 16.7 Å². The van der Waals surface area contributed by atoms with Crippen molar-refractivity contribution in [3.63, 3.8) is 0 Å². The fraction of sp³-hybridized carbons (Fsp3) is 0.0667. The van der Waals surface area contributed by atoms with Gasteiger partial charge >= 0.3 is 6.18 Å². The minimum atomic E-state index is -4.33. The third-order valence-corrected chi connectivity index (χ3v) is 2.31. The fourth-order valence-electron chi connectivity index (χ4n) is 1.44. The Morgan fingerprint density at radius 2 is 1.33 bits per heavy atom. The molecule has 0 saturated carbocycles. The summed E-state index contributed by atoms with van der Waals surface area (Å²) in [6.07, 6.45) is -4.33. The minimum absolute atomic E-state index is 0.355. The van der Waals surface area contributed by atoms with E-state index in [1.807, 2.05) is 18.2 Å². The van der Waals surface area contributed by atoms with Crippen LogP contribution in [0.25, 0.3) is 0 Å². The first-order valence-corrected chi connectivity index (χ1v) is 5.30. The maximum absolute atomic E-state index is 12.5. The molecule has 2 aromatic carbocycles. The van der Waals surface area contributed by atoms with Crippen LogP contribution in [0.15, 0.2) is 54.6 Å². The topological polar surface area (TPSA) is 0 Å². The highest BCUT2D eigenvalue weighted by Crippen LogP contribution is 2.29. The van der Waals surface area contributed by atoms with Gasteiger partial charge in [-0.3, -0.25) is 0 Å². The molecule has 0 aliphatic heterocycles. The van der Waals surface area contributed by atoms with Crippen molar-refractivity contribution in [2.75, 3.05) is 0 Å². The van der Waals surface area contributed by atoms with Gasteiger partial charge in [0.2, 0.25) is 0 Å². The summed E-state index contributed by atoms with van der Waals surface area (Å²) in [5, 5.41) is 0. The second kappa shape index (κ2) is 4.97. The van der Waals surface area contributed by atoms with E-state index in [1.165, 1.54) is 6.07 Å². The SMILES string of the molecule is FC(F)(F)c1cccc(C#Cc2ccccc2)c1. The Balaban J connectivity index is 2.29. The molecule has 18 heavy (non-hydrogen) atoms. The second-order valence-electron chi connectivity index (χ2n) is 3.69. The van der Waals surface area contributed by atoms with Crippen LogP contribution in [-0.2, 0) is 6.18 Å². The van der Waals surface area contributed by atoms with Gasteiger partial charge in [-0.15, -0.1) is 0 Å². The molecule has 0 aliphatic rings. The highest BCUT2D eigenvalue weighted by molar-refractivity contribution is 5.44. The second-order valence-corrected chi connectivity index (χ2v) is 3.69. The zero-order valence-corrected chi connectivity index (χ0v) is 9.33. The molecule has 3 heteroatoms. The molecule has 0 atom stereocenters. The van der Waals surface area contributed by atoms with E-state index in [0.717, 1.165) is 17.7 Å². The number of benzene rings is 2. The van der Waals surface area contributed by atoms with Gasteiger partial charge in [-0.2, -0.15) is 13.2 Å². The van der Waals surface area contributed by atoms with Crippen LogP contribution in [0, 0.1) is 11.8 Å². The smallest absolute Gasteiger partial charge is 0.166 e. The van der Waals surface area contributed by atoms with E-state index in [2.05, 4.69) is 11.8 Å². The summed E-state index contributed by atoms with van der Waals surface area (Å²) in [6, 6.07) is 14.1. The Morgan fingerprint density at radius 1 is 0.722 bits per heavy atom. The minimum Gasteiger partial charge on any atom is -0.166 e. The van der Waals surface area contributed by atoms with E-state index in [-0.39, 0.29) is 0 Å². The lowest BCUT2D eigenvalue weighted by molar-refractivity contribution is -0.137. The van der Waals surface area contributed by atoms with Gasteiger partial charge in [0.1, 0.15) is 0 Å². The Bertz CT molecular complexity index is 586. The van der Waals surface area contributed by atoms with Crippen LogP contribution < -0.4 is 0 Å². The highest BCUT2D eigenvalue weighted by Gasteiger charge is 2.30. The van der Waals surface area contributed by atoms with Crippen LogP contribution in [0.3, 0.4) is 0 Å². The summed E-state index contributed by atoms with van der Waals surface area (Å²) in [5.41, 5.74) is 0.450. The first kappa shape index (κ1) is 12.3. The molecule has 0 aromatic heterocycles. The van der Waals surface area contributed by atoms with Gasteiger partial charge in [0, 0.05) is 11.1 Å². The van der Waals surface area contributed by atoms with Gasteiger partial charge in [0.05, 0.1) is 5.56 Å². The van der Waals surface area contributed by atoms with Crippen molar-refractivity contribution in [1.82, 2.24) is 0 Å². The summed E-state index contributed by atoms with van der Waals surface area (Å²) >= 11 is 0. The van der Waals surface area contributed by atoms with E-state index in [4.69, 9.17) is 0 Å². The van der Waals surface area contributed by atoms with Crippen LogP contribution >= 0.6 is 0 Å². The van der Waals surface area contributed by atoms with E-state index < -0.39 is 11.7 Å². The van der Waals surface area contributed by atoms with Crippen LogP contribution in [0.5, 0.6) is 0 Å². The van der Waals surface area contributed by atoms with Crippen molar-refractivity contribution in [2.24, 2.45) is 0 Å². The van der Waals surface area contributed by atoms with Crippen LogP contribution in [0.4, 0.5) is 13.2 Å². The maximum Gasteiger partial charge on any atom is 0.416 e. The lowest BCUT2D eigenvalue weighted by Crippen LogP contribution is -2.04. The zero-order chi connectivity index (χ0) is 13.0. The molecule has 0 fully saturated rings. The molecule has 2 rings (SSSR count). The molecule has 0 radical (unpaired) electrons. The standard InChI is InChI=1S/C15H9F3/c16-15(17,18)14-8-4-7-13(11-14)10-9-12-5-2-1-3-6-12/h1-8,11H. The quantitative estimate of drug-likeness (QED) is 0.614. The Morgan fingerprint density at radius 3 is 2.00 bits per heavy atom. The van der Waals surface area contributed by atoms with Gasteiger partial charge in [-0.1, -0.05) is 36.1 Å². The molecular formula is C15H9F3. The first-order valence-electron chi connectivity index (χ1n) is 5.30. The van der Waals surface area contributed by atoms with E-state index in [1.54, 1.807) is 18.2 Å². The average Bonchev–Trinajstić information content (AvgIpc) is 2.37. The molecule has 0 N–H and O–H groups in total. The molecular weight excluding hydrogens is 237 g/mol. The lowest BCUT2D eigenvalue weighted by Gasteiger charge is -2.05. The number of hydrogen-bond acceptors (Lipinski definition) is 0. The largest absolute Gasteiger partial charge is 0.416 e. The molecule has 0 saturated heterocycles. The summed E-state index contributed by atoms with van der Waals surface area (Å²) in [5.74, 6) is 5.55. The Hall–Kier alpha value is -2.21. The van der Waals surface area contributed by atoms with Gasteiger partial charge in [-0.25, -0.2) is 0 Å². The van der Waals surface area contributed by atoms with Gasteiger partial charge < -0.3 is 0 Å². The first-order chi connectivity index (χ1) is 8.55. The van der Waals surface area contributed by atoms with Crippen molar-refractivity contribution in [3.05, 3.63) is 71.3 Å². The average molecular weight is 246 g/mol. The Labute approximate surface area is 103 Å². The summed E-state index contributed by atoms with van der Waals surface area (Å²) in [4.78, 5) is 0. The van der Waals surface area contributed by atoms with Gasteiger partial charge in [0.15, 0.2) is 0 Å². The Kier molecular flexibility index (Phi) is 3.38. The summed E-state index contributed by atoms with van der Waals surface area (Å²) < 4.78 is 37.4. The third kappa shape index (κ3) is 3.14. The molecule has 0 unspecified atom stereocenters. The molecule has 0 heterocycles. The summed E-state index contributed by atoms with van der Waals surface area (Å²) in [7, 11) is 0. The zero-order valence-electron chi connectivity index (χ0n) is 9.33. The van der Waals surface area contributed by atoms with E-state index in [0.29, 0.717) is 5.56 Å². The molecule has 90 valence electrons. The highest BCUT2D eigenvalue weighted by atomic mass is 19.4. The maximum atomic E-state index is 12.5. The number of hydrogen-bond donors (Lipinski definition) is 0. The van der Waals surface area contributed by atoms with Crippen molar-refractivity contribution in [1.29, 1.82) is 0 Å². The van der Waals surface area contributed by atoms with Crippen molar-refractivity contribution < 1.29 is 13.2 Å². The monoisotopic (exact) mass is 246 g/mol. The molecule has 0 spiro atoms. The lowest BCUT2D eigenvalue weighted by atomic mass is 10.1. The van der Waals surface area contributed by atoms with Crippen LogP contribution in [0.2, 0.25) is 0 Å². The van der Waals surface area contributed by atoms with Crippen molar-refractivity contribution in [2.45, 2.75) is 6.18 Å². The number of halogens is 3. The van der Waals surface area contributed by atoms with E-state index >= 15 is 0 Å². The van der Waals surface area contributed by atoms with Gasteiger partial charge in [0.25, 0.3) is 0 Å². The molecule has 0 amide bonds. The van der Waals surface area contributed by atoms with E-state index in [9.17, 15) is 13.2 Å². The molecule has 0 nitrogen and oxygen atoms in total. The molecule has 2 aromatic rings. The van der Waals surface area contributed by atoms with Crippen molar-refractivity contribution >= 4 is 0 Å². The fourth-order valence-corrected chi connectivity index (χ4v) is 1.44. The molecule has 0 bridgehead atoms. The predicted molar refractivity (Wildman–Crippen MR) is 63.9 cm³/mol. The van der Waals surface area contributed by atoms with Gasteiger partial charge in [-0.05, 0) is 30.3 Å². The number of rotatable bonds is 0. The summed E-state index contributed by atoms with van der Waals surface area (Å²) in [6.45, 7) is 0. The number of alkyl halides is 3. The van der Waals surface area contributed by atoms with Crippen LogP contribution in [-0.4, -0.2) is 0 Å². The van der Waals surface area contributed by atoms with Crippen molar-refractivity contribution in [3.8, 4) is 11.8 Å².